The minimum atomic E-state index is -5.24. The number of halogens is 5. The number of likely N-dealkylation sites (tertiary alicyclic amines) is 1. The highest BCUT2D eigenvalue weighted by Gasteiger charge is 2.57. The number of ether oxygens (including phenoxy) is 1. The molecular formula is C9H10F5NO3. The summed E-state index contributed by atoms with van der Waals surface area (Å²) < 4.78 is 67.2. The molecule has 9 heteroatoms. The number of alkyl halides is 5. The summed E-state index contributed by atoms with van der Waals surface area (Å²) in [6.45, 7) is -1.22. The second-order valence-electron chi connectivity index (χ2n) is 3.75. The second kappa shape index (κ2) is 4.69. The van der Waals surface area contributed by atoms with Crippen LogP contribution < -0.4 is 0 Å². The number of carbonyl (C=O) groups is 2. The van der Waals surface area contributed by atoms with E-state index in [1.807, 2.05) is 0 Å². The summed E-state index contributed by atoms with van der Waals surface area (Å²) in [6.07, 6.45) is -5.24. The third-order valence-corrected chi connectivity index (χ3v) is 2.42. The molecule has 1 amide bonds. The predicted octanol–water partition coefficient (Wildman–Crippen LogP) is 1.21. The third-order valence-electron chi connectivity index (χ3n) is 2.42. The van der Waals surface area contributed by atoms with Crippen molar-refractivity contribution in [1.82, 2.24) is 4.90 Å². The zero-order chi connectivity index (χ0) is 14.1. The van der Waals surface area contributed by atoms with Gasteiger partial charge in [0, 0.05) is 6.54 Å². The Bertz CT molecular complexity index is 355. The Kier molecular flexibility index (Phi) is 3.82. The fourth-order valence-corrected chi connectivity index (χ4v) is 1.61. The molecule has 0 spiro atoms. The number of esters is 1. The van der Waals surface area contributed by atoms with Crippen LogP contribution >= 0.6 is 0 Å². The Balaban J connectivity index is 2.82. The van der Waals surface area contributed by atoms with E-state index in [0.717, 1.165) is 0 Å². The fourth-order valence-electron chi connectivity index (χ4n) is 1.61. The first-order valence-electron chi connectivity index (χ1n) is 5.00. The van der Waals surface area contributed by atoms with Gasteiger partial charge in [-0.15, -0.1) is 0 Å². The van der Waals surface area contributed by atoms with Gasteiger partial charge in [-0.25, -0.2) is 8.78 Å². The van der Waals surface area contributed by atoms with Gasteiger partial charge in [-0.2, -0.15) is 13.2 Å². The lowest BCUT2D eigenvalue weighted by Crippen LogP contribution is -2.40. The van der Waals surface area contributed by atoms with Crippen LogP contribution in [-0.2, 0) is 14.3 Å². The van der Waals surface area contributed by atoms with Crippen molar-refractivity contribution in [1.29, 1.82) is 0 Å². The summed E-state index contributed by atoms with van der Waals surface area (Å²) in [5.74, 6) is -9.45. The van der Waals surface area contributed by atoms with Crippen LogP contribution in [0, 0.1) is 5.92 Å². The highest BCUT2D eigenvalue weighted by Crippen LogP contribution is 2.35. The van der Waals surface area contributed by atoms with Crippen molar-refractivity contribution in [2.75, 3.05) is 19.7 Å². The molecule has 0 aliphatic carbocycles. The molecule has 0 radical (unpaired) electrons. The van der Waals surface area contributed by atoms with Crippen LogP contribution in [0.5, 0.6) is 0 Å². The van der Waals surface area contributed by atoms with Crippen molar-refractivity contribution >= 4 is 11.9 Å². The van der Waals surface area contributed by atoms with Crippen molar-refractivity contribution in [2.24, 2.45) is 5.92 Å². The summed E-state index contributed by atoms with van der Waals surface area (Å²) in [7, 11) is 0. The van der Waals surface area contributed by atoms with Crippen LogP contribution in [0.2, 0.25) is 0 Å². The maximum Gasteiger partial charge on any atom is 0.471 e. The molecule has 0 aromatic rings. The van der Waals surface area contributed by atoms with Gasteiger partial charge < -0.3 is 9.64 Å². The highest BCUT2D eigenvalue weighted by atomic mass is 19.4. The molecule has 0 bridgehead atoms. The Morgan fingerprint density at radius 1 is 1.39 bits per heavy atom. The summed E-state index contributed by atoms with van der Waals surface area (Å²) in [6, 6.07) is 0. The molecule has 1 rings (SSSR count). The van der Waals surface area contributed by atoms with E-state index >= 15 is 0 Å². The van der Waals surface area contributed by atoms with Crippen molar-refractivity contribution < 1.29 is 36.3 Å². The lowest BCUT2D eigenvalue weighted by molar-refractivity contribution is -0.185. The van der Waals surface area contributed by atoms with Gasteiger partial charge in [-0.1, -0.05) is 0 Å². The predicted molar refractivity (Wildman–Crippen MR) is 47.7 cm³/mol. The Hall–Kier alpha value is -1.41. The normalized spacial score (nSPS) is 23.0. The van der Waals surface area contributed by atoms with Gasteiger partial charge in [-0.05, 0) is 6.92 Å². The Morgan fingerprint density at radius 3 is 2.39 bits per heavy atom. The SMILES string of the molecule is CCOC(=O)C1CN(C(=O)C(F)(F)F)CC1(F)F. The first-order valence-corrected chi connectivity index (χ1v) is 5.00. The van der Waals surface area contributed by atoms with Crippen LogP contribution in [-0.4, -0.2) is 48.6 Å². The molecule has 104 valence electrons. The number of nitrogens with zero attached hydrogens (tertiary/aromatic N) is 1. The average molecular weight is 275 g/mol. The maximum absolute atomic E-state index is 13.3. The molecule has 1 unspecified atom stereocenters. The van der Waals surface area contributed by atoms with Gasteiger partial charge in [0.15, 0.2) is 0 Å². The van der Waals surface area contributed by atoms with E-state index in [4.69, 9.17) is 0 Å². The number of carbonyl (C=O) groups excluding carboxylic acids is 2. The molecule has 1 atom stereocenters. The summed E-state index contributed by atoms with van der Waals surface area (Å²) in [5.41, 5.74) is 0. The Morgan fingerprint density at radius 2 is 1.94 bits per heavy atom. The first-order chi connectivity index (χ1) is 8.09. The monoisotopic (exact) mass is 275 g/mol. The Labute approximate surface area is 98.7 Å². The van der Waals surface area contributed by atoms with Crippen LogP contribution in [0.1, 0.15) is 6.92 Å². The third kappa shape index (κ3) is 2.88. The minimum absolute atomic E-state index is 0.0818. The van der Waals surface area contributed by atoms with Crippen LogP contribution in [0.3, 0.4) is 0 Å². The molecule has 0 N–H and O–H groups in total. The molecule has 1 aliphatic heterocycles. The second-order valence-corrected chi connectivity index (χ2v) is 3.75. The number of amides is 1. The van der Waals surface area contributed by atoms with Gasteiger partial charge in [0.25, 0.3) is 5.92 Å². The first kappa shape index (κ1) is 14.7. The van der Waals surface area contributed by atoms with E-state index in [0.29, 0.717) is 0 Å². The van der Waals surface area contributed by atoms with E-state index in [2.05, 4.69) is 4.74 Å². The molecule has 1 heterocycles. The maximum atomic E-state index is 13.3. The van der Waals surface area contributed by atoms with Gasteiger partial charge in [-0.3, -0.25) is 9.59 Å². The zero-order valence-corrected chi connectivity index (χ0v) is 9.26. The van der Waals surface area contributed by atoms with E-state index < -0.39 is 43.0 Å². The molecular weight excluding hydrogens is 265 g/mol. The van der Waals surface area contributed by atoms with Crippen molar-refractivity contribution in [3.8, 4) is 0 Å². The van der Waals surface area contributed by atoms with Crippen molar-refractivity contribution in [2.45, 2.75) is 19.0 Å². The number of hydrogen-bond donors (Lipinski definition) is 0. The van der Waals surface area contributed by atoms with Crippen LogP contribution in [0.25, 0.3) is 0 Å². The largest absolute Gasteiger partial charge is 0.471 e. The van der Waals surface area contributed by atoms with E-state index in [-0.39, 0.29) is 11.5 Å². The van der Waals surface area contributed by atoms with E-state index in [1.165, 1.54) is 6.92 Å². The zero-order valence-electron chi connectivity index (χ0n) is 9.26. The van der Waals surface area contributed by atoms with E-state index in [1.54, 1.807) is 0 Å². The minimum Gasteiger partial charge on any atom is -0.466 e. The summed E-state index contributed by atoms with van der Waals surface area (Å²) >= 11 is 0. The highest BCUT2D eigenvalue weighted by molar-refractivity contribution is 5.84. The molecule has 1 fully saturated rings. The number of rotatable bonds is 2. The van der Waals surface area contributed by atoms with Gasteiger partial charge >= 0.3 is 18.1 Å². The number of hydrogen-bond acceptors (Lipinski definition) is 3. The molecule has 0 aromatic carbocycles. The smallest absolute Gasteiger partial charge is 0.466 e. The summed E-state index contributed by atoms with van der Waals surface area (Å²) in [5, 5.41) is 0. The van der Waals surface area contributed by atoms with Gasteiger partial charge in [0.1, 0.15) is 5.92 Å². The fraction of sp³-hybridized carbons (Fsp3) is 0.778. The molecule has 1 aliphatic rings. The molecule has 4 nitrogen and oxygen atoms in total. The topological polar surface area (TPSA) is 46.6 Å². The van der Waals surface area contributed by atoms with Crippen LogP contribution in [0.15, 0.2) is 0 Å². The molecule has 18 heavy (non-hydrogen) atoms. The molecule has 1 saturated heterocycles. The quantitative estimate of drug-likeness (QED) is 0.562. The van der Waals surface area contributed by atoms with Gasteiger partial charge in [0.2, 0.25) is 0 Å². The van der Waals surface area contributed by atoms with Crippen LogP contribution in [0.4, 0.5) is 22.0 Å². The van der Waals surface area contributed by atoms with E-state index in [9.17, 15) is 31.5 Å². The van der Waals surface area contributed by atoms with Crippen molar-refractivity contribution in [3.63, 3.8) is 0 Å². The summed E-state index contributed by atoms with van der Waals surface area (Å²) in [4.78, 5) is 21.9. The van der Waals surface area contributed by atoms with Gasteiger partial charge in [0.05, 0.1) is 13.2 Å². The van der Waals surface area contributed by atoms with Crippen molar-refractivity contribution in [3.05, 3.63) is 0 Å². The molecule has 0 saturated carbocycles. The molecule has 0 aromatic heterocycles. The lowest BCUT2D eigenvalue weighted by atomic mass is 10.1. The standard InChI is InChI=1S/C9H10F5NO3/c1-2-18-6(16)5-3-15(4-8(5,10)11)7(17)9(12,13)14/h5H,2-4H2,1H3. The average Bonchev–Trinajstić information content (AvgIpc) is 2.52. The lowest BCUT2D eigenvalue weighted by Gasteiger charge is -2.16.